The number of likely N-dealkylation sites (N-methyl/N-ethyl adjacent to an activating group) is 1. The topological polar surface area (TPSA) is 92.9 Å². The van der Waals surface area contributed by atoms with Crippen molar-refractivity contribution >= 4 is 11.8 Å². The monoisotopic (exact) mass is 252 g/mol. The molecule has 0 bridgehead atoms. The second-order valence-corrected chi connectivity index (χ2v) is 3.73. The Hall–Kier alpha value is -2.08. The molecule has 0 aliphatic heterocycles. The molecule has 0 spiro atoms. The van der Waals surface area contributed by atoms with Crippen molar-refractivity contribution < 1.29 is 19.4 Å². The molecule has 18 heavy (non-hydrogen) atoms. The Morgan fingerprint density at radius 3 is 2.61 bits per heavy atom. The van der Waals surface area contributed by atoms with Crippen molar-refractivity contribution in [1.29, 1.82) is 0 Å². The van der Waals surface area contributed by atoms with Gasteiger partial charge in [-0.1, -0.05) is 0 Å². The highest BCUT2D eigenvalue weighted by Crippen LogP contribution is 2.20. The lowest BCUT2D eigenvalue weighted by Gasteiger charge is -2.16. The Kier molecular flexibility index (Phi) is 4.67. The van der Waals surface area contributed by atoms with Gasteiger partial charge in [-0.2, -0.15) is 0 Å². The second-order valence-electron chi connectivity index (χ2n) is 3.73. The van der Waals surface area contributed by atoms with Crippen LogP contribution in [0.2, 0.25) is 0 Å². The van der Waals surface area contributed by atoms with E-state index in [2.05, 4.69) is 0 Å². The molecule has 0 heterocycles. The van der Waals surface area contributed by atoms with Crippen molar-refractivity contribution in [1.82, 2.24) is 4.90 Å². The van der Waals surface area contributed by atoms with Crippen molar-refractivity contribution in [2.45, 2.75) is 0 Å². The van der Waals surface area contributed by atoms with Gasteiger partial charge in [-0.15, -0.1) is 0 Å². The SMILES string of the molecule is COc1cc(C(=O)N(C)CCO)ccc1C(N)=O. The normalized spacial score (nSPS) is 9.94. The maximum Gasteiger partial charge on any atom is 0.253 e. The van der Waals surface area contributed by atoms with E-state index >= 15 is 0 Å². The van der Waals surface area contributed by atoms with E-state index in [1.807, 2.05) is 0 Å². The molecule has 0 saturated heterocycles. The highest BCUT2D eigenvalue weighted by atomic mass is 16.5. The van der Waals surface area contributed by atoms with Crippen molar-refractivity contribution in [3.63, 3.8) is 0 Å². The van der Waals surface area contributed by atoms with Crippen LogP contribution in [0.5, 0.6) is 5.75 Å². The van der Waals surface area contributed by atoms with Gasteiger partial charge in [0.1, 0.15) is 5.75 Å². The van der Waals surface area contributed by atoms with Crippen molar-refractivity contribution in [3.8, 4) is 5.75 Å². The number of primary amides is 1. The van der Waals surface area contributed by atoms with Crippen LogP contribution in [0.4, 0.5) is 0 Å². The summed E-state index contributed by atoms with van der Waals surface area (Å²) in [5.74, 6) is -0.626. The number of methoxy groups -OCH3 is 1. The lowest BCUT2D eigenvalue weighted by molar-refractivity contribution is 0.0766. The summed E-state index contributed by atoms with van der Waals surface area (Å²) < 4.78 is 5.02. The van der Waals surface area contributed by atoms with E-state index in [4.69, 9.17) is 15.6 Å². The van der Waals surface area contributed by atoms with Crippen LogP contribution < -0.4 is 10.5 Å². The number of carbonyl (C=O) groups excluding carboxylic acids is 2. The van der Waals surface area contributed by atoms with E-state index < -0.39 is 5.91 Å². The highest BCUT2D eigenvalue weighted by molar-refractivity contribution is 5.99. The molecule has 0 atom stereocenters. The van der Waals surface area contributed by atoms with Gasteiger partial charge in [0.05, 0.1) is 19.3 Å². The van der Waals surface area contributed by atoms with Gasteiger partial charge < -0.3 is 20.5 Å². The third-order valence-electron chi connectivity index (χ3n) is 2.50. The van der Waals surface area contributed by atoms with Crippen LogP contribution in [0.15, 0.2) is 18.2 Å². The largest absolute Gasteiger partial charge is 0.496 e. The number of aliphatic hydroxyl groups is 1. The molecule has 3 N–H and O–H groups in total. The molecule has 1 aromatic rings. The van der Waals surface area contributed by atoms with E-state index in [0.29, 0.717) is 5.56 Å². The van der Waals surface area contributed by atoms with Crippen LogP contribution in [-0.2, 0) is 0 Å². The van der Waals surface area contributed by atoms with E-state index in [-0.39, 0.29) is 30.4 Å². The fourth-order valence-electron chi connectivity index (χ4n) is 1.50. The zero-order valence-corrected chi connectivity index (χ0v) is 10.3. The van der Waals surface area contributed by atoms with Crippen LogP contribution in [0.25, 0.3) is 0 Å². The molecule has 98 valence electrons. The number of nitrogens with zero attached hydrogens (tertiary/aromatic N) is 1. The molecule has 2 amide bonds. The molecule has 0 saturated carbocycles. The predicted molar refractivity (Wildman–Crippen MR) is 65.6 cm³/mol. The van der Waals surface area contributed by atoms with E-state index in [1.54, 1.807) is 7.05 Å². The van der Waals surface area contributed by atoms with Crippen molar-refractivity contribution in [2.24, 2.45) is 5.73 Å². The van der Waals surface area contributed by atoms with Gasteiger partial charge in [0, 0.05) is 19.2 Å². The molecule has 6 heteroatoms. The van der Waals surface area contributed by atoms with Gasteiger partial charge in [-0.25, -0.2) is 0 Å². The number of ether oxygens (including phenoxy) is 1. The van der Waals surface area contributed by atoms with Gasteiger partial charge >= 0.3 is 0 Å². The number of amides is 2. The molecule has 0 aliphatic carbocycles. The van der Waals surface area contributed by atoms with Gasteiger partial charge in [-0.3, -0.25) is 9.59 Å². The first kappa shape index (κ1) is 14.0. The van der Waals surface area contributed by atoms with Crippen LogP contribution in [-0.4, -0.2) is 49.1 Å². The lowest BCUT2D eigenvalue weighted by Crippen LogP contribution is -2.29. The molecular formula is C12H16N2O4. The minimum atomic E-state index is -0.616. The van der Waals surface area contributed by atoms with Gasteiger partial charge in [0.25, 0.3) is 11.8 Å². The fraction of sp³-hybridized carbons (Fsp3) is 0.333. The number of nitrogens with two attached hydrogens (primary N) is 1. The number of benzene rings is 1. The Morgan fingerprint density at radius 1 is 1.44 bits per heavy atom. The molecule has 0 fully saturated rings. The van der Waals surface area contributed by atoms with Crippen LogP contribution in [0.3, 0.4) is 0 Å². The lowest BCUT2D eigenvalue weighted by atomic mass is 10.1. The number of rotatable bonds is 5. The standard InChI is InChI=1S/C12H16N2O4/c1-14(5-6-15)12(17)8-3-4-9(11(13)16)10(7-8)18-2/h3-4,7,15H,5-6H2,1-2H3,(H2,13,16). The third kappa shape index (κ3) is 2.98. The quantitative estimate of drug-likeness (QED) is 0.762. The summed E-state index contributed by atoms with van der Waals surface area (Å²) in [6.45, 7) is 0.122. The molecule has 0 unspecified atom stereocenters. The molecule has 0 aliphatic rings. The Balaban J connectivity index is 3.05. The first-order chi connectivity index (χ1) is 8.51. The average molecular weight is 252 g/mol. The second kappa shape index (κ2) is 6.02. The molecular weight excluding hydrogens is 236 g/mol. The minimum Gasteiger partial charge on any atom is -0.496 e. The summed E-state index contributed by atoms with van der Waals surface area (Å²) in [6, 6.07) is 4.40. The first-order valence-electron chi connectivity index (χ1n) is 5.35. The van der Waals surface area contributed by atoms with E-state index in [0.717, 1.165) is 0 Å². The van der Waals surface area contributed by atoms with Crippen molar-refractivity contribution in [2.75, 3.05) is 27.3 Å². The Labute approximate surface area is 105 Å². The number of aliphatic hydroxyl groups excluding tert-OH is 1. The Bertz CT molecular complexity index is 459. The van der Waals surface area contributed by atoms with Crippen molar-refractivity contribution in [3.05, 3.63) is 29.3 Å². The summed E-state index contributed by atoms with van der Waals surface area (Å²) in [6.07, 6.45) is 0. The minimum absolute atomic E-state index is 0.112. The fourth-order valence-corrected chi connectivity index (χ4v) is 1.50. The zero-order valence-electron chi connectivity index (χ0n) is 10.3. The summed E-state index contributed by atoms with van der Waals surface area (Å²) >= 11 is 0. The maximum absolute atomic E-state index is 11.9. The predicted octanol–water partition coefficient (Wildman–Crippen LogP) is -0.142. The maximum atomic E-state index is 11.9. The smallest absolute Gasteiger partial charge is 0.253 e. The summed E-state index contributed by atoms with van der Waals surface area (Å²) in [5, 5.41) is 8.77. The number of carbonyl (C=O) groups is 2. The average Bonchev–Trinajstić information content (AvgIpc) is 2.37. The molecule has 1 rings (SSSR count). The van der Waals surface area contributed by atoms with Crippen LogP contribution in [0, 0.1) is 0 Å². The molecule has 0 aromatic heterocycles. The van der Waals surface area contributed by atoms with Gasteiger partial charge in [-0.05, 0) is 18.2 Å². The summed E-state index contributed by atoms with van der Waals surface area (Å²) in [4.78, 5) is 24.4. The highest BCUT2D eigenvalue weighted by Gasteiger charge is 2.15. The number of hydrogen-bond donors (Lipinski definition) is 2. The third-order valence-corrected chi connectivity index (χ3v) is 2.50. The van der Waals surface area contributed by atoms with Crippen LogP contribution in [0.1, 0.15) is 20.7 Å². The van der Waals surface area contributed by atoms with Crippen LogP contribution >= 0.6 is 0 Å². The summed E-state index contributed by atoms with van der Waals surface area (Å²) in [7, 11) is 2.97. The Morgan fingerprint density at radius 2 is 2.11 bits per heavy atom. The molecule has 1 aromatic carbocycles. The van der Waals surface area contributed by atoms with E-state index in [1.165, 1.54) is 30.2 Å². The first-order valence-corrected chi connectivity index (χ1v) is 5.35. The van der Waals surface area contributed by atoms with Gasteiger partial charge in [0.15, 0.2) is 0 Å². The molecule has 6 nitrogen and oxygen atoms in total. The molecule has 0 radical (unpaired) electrons. The summed E-state index contributed by atoms with van der Waals surface area (Å²) in [5.41, 5.74) is 5.77. The van der Waals surface area contributed by atoms with E-state index in [9.17, 15) is 9.59 Å². The van der Waals surface area contributed by atoms with Gasteiger partial charge in [0.2, 0.25) is 0 Å². The zero-order chi connectivity index (χ0) is 13.7. The number of hydrogen-bond acceptors (Lipinski definition) is 4.